The van der Waals surface area contributed by atoms with Crippen LogP contribution >= 0.6 is 11.9 Å². The van der Waals surface area contributed by atoms with Crippen LogP contribution in [0.1, 0.15) is 38.7 Å². The molecule has 266 valence electrons. The van der Waals surface area contributed by atoms with Crippen molar-refractivity contribution < 1.29 is 37.3 Å². The molecule has 0 saturated carbocycles. The number of anilines is 3. The fraction of sp³-hybridized carbons (Fsp3) is 0.371. The van der Waals surface area contributed by atoms with Gasteiger partial charge in [0.1, 0.15) is 11.5 Å². The number of amides is 2. The number of hydrogen-bond acceptors (Lipinski definition) is 9. The van der Waals surface area contributed by atoms with E-state index < -0.39 is 17.8 Å². The molecule has 1 aliphatic heterocycles. The third kappa shape index (κ3) is 10.8. The number of aromatic nitrogens is 1. The van der Waals surface area contributed by atoms with Gasteiger partial charge >= 0.3 is 12.2 Å². The second kappa shape index (κ2) is 19.0. The number of aliphatic hydroxyl groups excluding tert-OH is 1. The highest BCUT2D eigenvalue weighted by Gasteiger charge is 2.36. The van der Waals surface area contributed by atoms with Crippen LogP contribution in [0.25, 0.3) is 10.9 Å². The Bertz CT molecular complexity index is 1650. The quantitative estimate of drug-likeness (QED) is 0.127. The van der Waals surface area contributed by atoms with E-state index >= 15 is 0 Å². The summed E-state index contributed by atoms with van der Waals surface area (Å²) in [4.78, 5) is 18.9. The van der Waals surface area contributed by atoms with Crippen LogP contribution in [0, 0.1) is 0 Å². The van der Waals surface area contributed by atoms with E-state index in [1.165, 1.54) is 44.7 Å². The molecule has 3 aromatic carbocycles. The summed E-state index contributed by atoms with van der Waals surface area (Å²) >= 11 is 1.51. The van der Waals surface area contributed by atoms with Crippen molar-refractivity contribution in [3.05, 3.63) is 72.4 Å². The van der Waals surface area contributed by atoms with Crippen LogP contribution in [0.3, 0.4) is 0 Å². The van der Waals surface area contributed by atoms with Crippen LogP contribution in [0.15, 0.2) is 66.9 Å². The molecule has 5 rings (SSSR count). The number of fused-ring (bicyclic) bond motifs is 1. The number of alkyl halides is 3. The molecule has 4 aromatic rings. The third-order valence-corrected chi connectivity index (χ3v) is 7.78. The van der Waals surface area contributed by atoms with Gasteiger partial charge < -0.3 is 34.9 Å². The second-order valence-electron chi connectivity index (χ2n) is 10.8. The molecule has 14 heteroatoms. The maximum atomic E-state index is 14.1. The van der Waals surface area contributed by atoms with Crippen molar-refractivity contribution in [3.8, 4) is 23.0 Å². The van der Waals surface area contributed by atoms with Crippen molar-refractivity contribution in [2.24, 2.45) is 0 Å². The minimum atomic E-state index is -4.59. The summed E-state index contributed by atoms with van der Waals surface area (Å²) in [6.07, 6.45) is 1.67. The van der Waals surface area contributed by atoms with Gasteiger partial charge in [0.15, 0.2) is 11.5 Å². The van der Waals surface area contributed by atoms with Crippen molar-refractivity contribution in [2.75, 3.05) is 56.2 Å². The highest BCUT2D eigenvalue weighted by molar-refractivity contribution is 7.96. The normalized spacial score (nSPS) is 13.0. The number of piperidine rings is 1. The second-order valence-corrected chi connectivity index (χ2v) is 11.4. The van der Waals surface area contributed by atoms with Crippen LogP contribution in [-0.2, 0) is 6.18 Å². The van der Waals surface area contributed by atoms with Gasteiger partial charge in [-0.05, 0) is 61.6 Å². The number of carbonyl (C=O) groups is 1. The number of nitrogens with one attached hydrogen (secondary N) is 3. The molecule has 0 unspecified atom stereocenters. The molecule has 1 fully saturated rings. The third-order valence-electron chi connectivity index (χ3n) is 7.21. The van der Waals surface area contributed by atoms with Gasteiger partial charge in [-0.25, -0.2) is 4.79 Å². The van der Waals surface area contributed by atoms with Crippen LogP contribution < -0.4 is 34.5 Å². The highest BCUT2D eigenvalue weighted by atomic mass is 32.2. The lowest BCUT2D eigenvalue weighted by atomic mass is 10.0. The molecular formula is C35H44F3N5O5S. The van der Waals surface area contributed by atoms with Gasteiger partial charge in [-0.3, -0.25) is 9.71 Å². The average Bonchev–Trinajstić information content (AvgIpc) is 3.09. The first-order valence-corrected chi connectivity index (χ1v) is 16.9. The number of aliphatic hydroxyl groups is 1. The molecule has 2 amide bonds. The van der Waals surface area contributed by atoms with Crippen molar-refractivity contribution in [1.82, 2.24) is 9.71 Å². The van der Waals surface area contributed by atoms with Gasteiger partial charge in [-0.15, -0.1) is 0 Å². The van der Waals surface area contributed by atoms with Crippen molar-refractivity contribution in [1.29, 1.82) is 0 Å². The molecule has 2 heterocycles. The molecule has 0 radical (unpaired) electrons. The zero-order chi connectivity index (χ0) is 36.0. The van der Waals surface area contributed by atoms with Gasteiger partial charge in [-0.1, -0.05) is 38.3 Å². The molecule has 0 spiro atoms. The summed E-state index contributed by atoms with van der Waals surface area (Å²) in [7, 11) is 4.08. The Kier molecular flexibility index (Phi) is 15.1. The van der Waals surface area contributed by atoms with Gasteiger partial charge in [0.05, 0.1) is 25.3 Å². The highest BCUT2D eigenvalue weighted by Crippen LogP contribution is 2.40. The molecule has 0 bridgehead atoms. The van der Waals surface area contributed by atoms with Crippen LogP contribution in [-0.4, -0.2) is 62.8 Å². The Morgan fingerprint density at radius 1 is 0.939 bits per heavy atom. The zero-order valence-corrected chi connectivity index (χ0v) is 29.3. The predicted octanol–water partition coefficient (Wildman–Crippen LogP) is 8.57. The Labute approximate surface area is 289 Å². The summed E-state index contributed by atoms with van der Waals surface area (Å²) in [6.45, 7) is 5.26. The smallest absolute Gasteiger partial charge is 0.418 e. The largest absolute Gasteiger partial charge is 0.493 e. The summed E-state index contributed by atoms with van der Waals surface area (Å²) in [5.41, 5.74) is 0.357. The number of benzene rings is 3. The van der Waals surface area contributed by atoms with Gasteiger partial charge in [-0.2, -0.15) is 13.2 Å². The lowest BCUT2D eigenvalue weighted by Crippen LogP contribution is -2.41. The summed E-state index contributed by atoms with van der Waals surface area (Å²) in [5, 5.41) is 12.9. The first-order valence-electron chi connectivity index (χ1n) is 15.7. The Balaban J connectivity index is 0.00000123. The first kappa shape index (κ1) is 39.0. The van der Waals surface area contributed by atoms with Crippen molar-refractivity contribution >= 4 is 45.9 Å². The average molecular weight is 704 g/mol. The molecular weight excluding hydrogens is 659 g/mol. The number of carbonyl (C=O) groups excluding carboxylic acids is 1. The maximum absolute atomic E-state index is 14.1. The molecule has 1 aliphatic rings. The Hall–Kier alpha value is -4.40. The van der Waals surface area contributed by atoms with Crippen LogP contribution in [0.2, 0.25) is 0 Å². The van der Waals surface area contributed by atoms with E-state index in [0.717, 1.165) is 26.0 Å². The van der Waals surface area contributed by atoms with Gasteiger partial charge in [0, 0.05) is 67.0 Å². The Morgan fingerprint density at radius 3 is 2.18 bits per heavy atom. The molecule has 0 atom stereocenters. The molecule has 4 N–H and O–H groups in total. The van der Waals surface area contributed by atoms with E-state index in [9.17, 15) is 18.0 Å². The number of urea groups is 1. The molecule has 10 nitrogen and oxygen atoms in total. The predicted molar refractivity (Wildman–Crippen MR) is 191 cm³/mol. The molecule has 49 heavy (non-hydrogen) atoms. The maximum Gasteiger partial charge on any atom is 0.418 e. The Morgan fingerprint density at radius 2 is 1.57 bits per heavy atom. The lowest BCUT2D eigenvalue weighted by molar-refractivity contribution is -0.137. The van der Waals surface area contributed by atoms with Crippen LogP contribution in [0.4, 0.5) is 35.0 Å². The van der Waals surface area contributed by atoms with E-state index in [1.807, 2.05) is 6.26 Å². The number of methoxy groups -OCH3 is 2. The van der Waals surface area contributed by atoms with E-state index in [0.29, 0.717) is 52.7 Å². The number of pyridine rings is 1. The number of rotatable bonds is 9. The minimum Gasteiger partial charge on any atom is -0.493 e. The van der Waals surface area contributed by atoms with Crippen molar-refractivity contribution in [2.45, 2.75) is 45.3 Å². The standard InChI is InChI=1S/C31H32F3N5O4S.C3H8.CH4O/c1-41-28-17-23-25(18-29(28)42-2)35-12-9-27(23)43-22-6-4-5-20(15-22)36-30(40)37-21-7-8-26(24(16-21)31(32,33)34)39-13-10-19(11-14-39)38-44-3;1-3-2;1-2/h4-9,12,15-19,38H,10-11,13-14H2,1-3H3,(H2,36,37,40);3H2,1-2H3;2H,1H3. The summed E-state index contributed by atoms with van der Waals surface area (Å²) < 4.78 is 62.3. The van der Waals surface area contributed by atoms with E-state index in [4.69, 9.17) is 19.3 Å². The van der Waals surface area contributed by atoms with Gasteiger partial charge in [0.25, 0.3) is 0 Å². The summed E-state index contributed by atoms with van der Waals surface area (Å²) in [6, 6.07) is 15.3. The molecule has 1 saturated heterocycles. The molecule has 0 aliphatic carbocycles. The number of hydrogen-bond donors (Lipinski definition) is 4. The number of halogens is 3. The van der Waals surface area contributed by atoms with Gasteiger partial charge in [0.2, 0.25) is 0 Å². The van der Waals surface area contributed by atoms with Crippen molar-refractivity contribution in [3.63, 3.8) is 0 Å². The summed E-state index contributed by atoms with van der Waals surface area (Å²) in [5.74, 6) is 1.97. The van der Waals surface area contributed by atoms with E-state index in [1.54, 1.807) is 53.6 Å². The fourth-order valence-corrected chi connectivity index (χ4v) is 5.68. The van der Waals surface area contributed by atoms with Crippen LogP contribution in [0.5, 0.6) is 23.0 Å². The lowest BCUT2D eigenvalue weighted by Gasteiger charge is -2.35. The molecule has 1 aromatic heterocycles. The monoisotopic (exact) mass is 703 g/mol. The topological polar surface area (TPSA) is 117 Å². The minimum absolute atomic E-state index is 0.0255. The fourth-order valence-electron chi connectivity index (χ4n) is 5.12. The number of nitrogens with zero attached hydrogens (tertiary/aromatic N) is 2. The SMILES string of the molecule is CCC.CO.COc1cc2nccc(Oc3cccc(NC(=O)Nc4ccc(N5CCC(NSC)CC5)c(C(F)(F)F)c4)c3)c2cc1OC. The van der Waals surface area contributed by atoms with E-state index in [-0.39, 0.29) is 17.4 Å². The zero-order valence-electron chi connectivity index (χ0n) is 28.5. The number of ether oxygens (including phenoxy) is 3. The first-order chi connectivity index (χ1) is 23.6. The van der Waals surface area contributed by atoms with E-state index in [2.05, 4.69) is 34.2 Å².